The van der Waals surface area contributed by atoms with Crippen molar-refractivity contribution in [2.45, 2.75) is 70.6 Å². The number of ether oxygens (including phenoxy) is 1. The Morgan fingerprint density at radius 1 is 0.926 bits per heavy atom. The number of esters is 1. The number of piperidine rings is 1. The second kappa shape index (κ2) is 17.6. The number of anilines is 1. The fraction of sp³-hybridized carbons (Fsp3) is 0.310. The fourth-order valence-electron chi connectivity index (χ4n) is 6.49. The number of carbonyl (C=O) groups is 3. The van der Waals surface area contributed by atoms with Crippen LogP contribution in [0.15, 0.2) is 96.6 Å². The average molecular weight is 755 g/mol. The largest absolute Gasteiger partial charge is 0.461 e. The third-order valence-electron chi connectivity index (χ3n) is 9.44. The van der Waals surface area contributed by atoms with Gasteiger partial charge in [-0.15, -0.1) is 11.3 Å². The lowest BCUT2D eigenvalue weighted by molar-refractivity contribution is -0.145. The monoisotopic (exact) mass is 754 g/mol. The van der Waals surface area contributed by atoms with Crippen molar-refractivity contribution in [3.63, 3.8) is 0 Å². The normalized spacial score (nSPS) is 13.4. The highest BCUT2D eigenvalue weighted by Crippen LogP contribution is 2.34. The molecule has 1 N–H and O–H groups in total. The molecule has 0 radical (unpaired) electrons. The number of hydrogen-bond donors (Lipinski definition) is 1. The number of rotatable bonds is 13. The number of carbonyl (C=O) groups excluding carboxylic acids is 3. The predicted molar refractivity (Wildman–Crippen MR) is 202 cm³/mol. The first-order valence-corrected chi connectivity index (χ1v) is 19.0. The van der Waals surface area contributed by atoms with E-state index in [2.05, 4.69) is 10.3 Å². The number of hydrogen-bond acceptors (Lipinski definition) is 7. The SMILES string of the molecule is CCCCC(=O)OCc1cc(CCc2cccnc2)cc(NC(=O)c2csc(C3CCN(C(=O)c4ccccc4-c4ccc(C(F)(F)F)cc4)CC3)n2)c1. The Morgan fingerprint density at radius 2 is 1.67 bits per heavy atom. The van der Waals surface area contributed by atoms with Gasteiger partial charge in [-0.2, -0.15) is 13.2 Å². The van der Waals surface area contributed by atoms with Gasteiger partial charge in [-0.25, -0.2) is 4.98 Å². The van der Waals surface area contributed by atoms with Crippen molar-refractivity contribution in [2.75, 3.05) is 18.4 Å². The van der Waals surface area contributed by atoms with Crippen LogP contribution < -0.4 is 5.32 Å². The van der Waals surface area contributed by atoms with Crippen molar-refractivity contribution in [3.8, 4) is 11.1 Å². The van der Waals surface area contributed by atoms with E-state index in [4.69, 9.17) is 9.72 Å². The Labute approximate surface area is 316 Å². The molecular weight excluding hydrogens is 714 g/mol. The highest BCUT2D eigenvalue weighted by molar-refractivity contribution is 7.10. The molecule has 3 heterocycles. The summed E-state index contributed by atoms with van der Waals surface area (Å²) in [7, 11) is 0. The number of aromatic nitrogens is 2. The molecule has 12 heteroatoms. The number of unbranched alkanes of at least 4 members (excludes halogenated alkanes) is 1. The van der Waals surface area contributed by atoms with Crippen molar-refractivity contribution in [3.05, 3.63) is 135 Å². The highest BCUT2D eigenvalue weighted by Gasteiger charge is 2.31. The number of halogens is 3. The summed E-state index contributed by atoms with van der Waals surface area (Å²) in [4.78, 5) is 50.0. The van der Waals surface area contributed by atoms with Crippen LogP contribution in [-0.2, 0) is 35.2 Å². The van der Waals surface area contributed by atoms with Crippen LogP contribution in [0.2, 0.25) is 0 Å². The number of alkyl halides is 3. The van der Waals surface area contributed by atoms with Gasteiger partial charge in [-0.1, -0.05) is 55.8 Å². The average Bonchev–Trinajstić information content (AvgIpc) is 3.69. The Morgan fingerprint density at radius 3 is 2.39 bits per heavy atom. The summed E-state index contributed by atoms with van der Waals surface area (Å²) in [5.41, 5.74) is 4.54. The fourth-order valence-corrected chi connectivity index (χ4v) is 7.46. The van der Waals surface area contributed by atoms with Gasteiger partial charge in [0.1, 0.15) is 12.3 Å². The van der Waals surface area contributed by atoms with Gasteiger partial charge in [0, 0.05) is 54.5 Å². The summed E-state index contributed by atoms with van der Waals surface area (Å²) in [6, 6.07) is 21.4. The minimum absolute atomic E-state index is 0.0653. The number of amides is 2. The number of aryl methyl sites for hydroxylation is 2. The van der Waals surface area contributed by atoms with Crippen LogP contribution in [0.4, 0.5) is 18.9 Å². The maximum absolute atomic E-state index is 13.7. The summed E-state index contributed by atoms with van der Waals surface area (Å²) >= 11 is 1.41. The maximum atomic E-state index is 13.7. The number of nitrogens with zero attached hydrogens (tertiary/aromatic N) is 3. The first-order chi connectivity index (χ1) is 26.1. The first kappa shape index (κ1) is 38.4. The highest BCUT2D eigenvalue weighted by atomic mass is 32.1. The van der Waals surface area contributed by atoms with E-state index in [0.29, 0.717) is 66.8 Å². The Bertz CT molecular complexity index is 2060. The number of nitrogens with one attached hydrogen (secondary N) is 1. The molecule has 8 nitrogen and oxygen atoms in total. The quantitative estimate of drug-likeness (QED) is 0.120. The van der Waals surface area contributed by atoms with Gasteiger partial charge < -0.3 is 15.0 Å². The molecule has 5 aromatic rings. The minimum atomic E-state index is -4.44. The van der Waals surface area contributed by atoms with Crippen LogP contribution in [0.25, 0.3) is 11.1 Å². The van der Waals surface area contributed by atoms with Crippen molar-refractivity contribution in [2.24, 2.45) is 0 Å². The van der Waals surface area contributed by atoms with E-state index in [9.17, 15) is 27.6 Å². The molecule has 1 aliphatic rings. The van der Waals surface area contributed by atoms with Crippen LogP contribution in [0.5, 0.6) is 0 Å². The van der Waals surface area contributed by atoms with E-state index in [1.807, 2.05) is 43.5 Å². The summed E-state index contributed by atoms with van der Waals surface area (Å²) in [5, 5.41) is 5.55. The summed E-state index contributed by atoms with van der Waals surface area (Å²) in [6.07, 6.45) is 3.92. The minimum Gasteiger partial charge on any atom is -0.461 e. The van der Waals surface area contributed by atoms with Crippen LogP contribution in [-0.4, -0.2) is 45.7 Å². The number of pyridine rings is 1. The number of thiazole rings is 1. The van der Waals surface area contributed by atoms with Crippen molar-refractivity contribution in [1.82, 2.24) is 14.9 Å². The van der Waals surface area contributed by atoms with Gasteiger partial charge in [0.15, 0.2) is 0 Å². The molecule has 0 atom stereocenters. The second-order valence-electron chi connectivity index (χ2n) is 13.4. The molecule has 0 spiro atoms. The molecule has 0 saturated carbocycles. The molecule has 2 aromatic heterocycles. The van der Waals surface area contributed by atoms with E-state index in [-0.39, 0.29) is 30.3 Å². The molecule has 1 saturated heterocycles. The first-order valence-electron chi connectivity index (χ1n) is 18.1. The summed E-state index contributed by atoms with van der Waals surface area (Å²) in [6.45, 7) is 3.08. The molecule has 2 amide bonds. The second-order valence-corrected chi connectivity index (χ2v) is 14.3. The lowest BCUT2D eigenvalue weighted by Gasteiger charge is -2.31. The number of likely N-dealkylation sites (tertiary alicyclic amines) is 1. The Kier molecular flexibility index (Phi) is 12.5. The zero-order valence-electron chi connectivity index (χ0n) is 29.9. The van der Waals surface area contributed by atoms with Crippen molar-refractivity contribution in [1.29, 1.82) is 0 Å². The molecule has 54 heavy (non-hydrogen) atoms. The van der Waals surface area contributed by atoms with Gasteiger partial charge in [0.05, 0.1) is 10.6 Å². The van der Waals surface area contributed by atoms with E-state index in [0.717, 1.165) is 53.1 Å². The summed E-state index contributed by atoms with van der Waals surface area (Å²) < 4.78 is 44.9. The maximum Gasteiger partial charge on any atom is 0.416 e. The summed E-state index contributed by atoms with van der Waals surface area (Å²) in [5.74, 6) is -0.715. The van der Waals surface area contributed by atoms with Gasteiger partial charge in [0.2, 0.25) is 0 Å². The molecule has 0 bridgehead atoms. The zero-order valence-corrected chi connectivity index (χ0v) is 30.7. The molecule has 0 unspecified atom stereocenters. The van der Waals surface area contributed by atoms with Crippen LogP contribution in [0, 0.1) is 0 Å². The Balaban J connectivity index is 1.08. The van der Waals surface area contributed by atoms with E-state index >= 15 is 0 Å². The van der Waals surface area contributed by atoms with Crippen molar-refractivity contribution >= 4 is 34.8 Å². The molecule has 6 rings (SSSR count). The van der Waals surface area contributed by atoms with E-state index in [1.165, 1.54) is 23.5 Å². The molecule has 1 aliphatic heterocycles. The van der Waals surface area contributed by atoms with Crippen LogP contribution >= 0.6 is 11.3 Å². The number of benzene rings is 3. The smallest absolute Gasteiger partial charge is 0.416 e. The molecule has 0 aliphatic carbocycles. The zero-order chi connectivity index (χ0) is 38.1. The molecule has 1 fully saturated rings. The van der Waals surface area contributed by atoms with E-state index in [1.54, 1.807) is 40.7 Å². The van der Waals surface area contributed by atoms with Crippen LogP contribution in [0.3, 0.4) is 0 Å². The van der Waals surface area contributed by atoms with Crippen LogP contribution in [0.1, 0.15) is 93.1 Å². The third-order valence-corrected chi connectivity index (χ3v) is 10.4. The third kappa shape index (κ3) is 9.98. The molecular formula is C42H41F3N4O4S. The predicted octanol–water partition coefficient (Wildman–Crippen LogP) is 9.51. The van der Waals surface area contributed by atoms with Gasteiger partial charge in [-0.05, 0) is 96.3 Å². The topological polar surface area (TPSA) is 101 Å². The Hall–Kier alpha value is -5.36. The molecule has 280 valence electrons. The van der Waals surface area contributed by atoms with Crippen molar-refractivity contribution < 1.29 is 32.3 Å². The van der Waals surface area contributed by atoms with Gasteiger partial charge in [-0.3, -0.25) is 19.4 Å². The lowest BCUT2D eigenvalue weighted by atomic mass is 9.94. The molecule has 3 aromatic carbocycles. The van der Waals surface area contributed by atoms with E-state index < -0.39 is 11.7 Å². The van der Waals surface area contributed by atoms with Gasteiger partial charge >= 0.3 is 12.1 Å². The lowest BCUT2D eigenvalue weighted by Crippen LogP contribution is -2.38. The standard InChI is InChI=1S/C42H41F3N4O4S/c1-2-3-10-38(50)53-26-30-22-29(12-11-28-7-6-19-46-25-28)23-34(24-30)47-39(51)37-27-54-40(48-37)32-17-20-49(21-18-32)41(52)36-9-5-4-8-35(36)31-13-15-33(16-14-31)42(43,44)45/h4-9,13-16,19,22-25,27,32H,2-3,10-12,17-18,20-21,26H2,1H3,(H,47,51). The van der Waals surface area contributed by atoms with Gasteiger partial charge in [0.25, 0.3) is 11.8 Å².